The lowest BCUT2D eigenvalue weighted by atomic mass is 9.94. The summed E-state index contributed by atoms with van der Waals surface area (Å²) in [6, 6.07) is 16.8. The SMILES string of the molecule is O=C(C[C@@H]1CC[C@@H]2[C@H](COC[C@@H](O)CN2C(=O)c2cnccn2)O1)NCc1ccc(Oc2ccccc2)cc1. The van der Waals surface area contributed by atoms with Crippen molar-refractivity contribution in [1.29, 1.82) is 0 Å². The molecule has 2 aromatic carbocycles. The zero-order chi connectivity index (χ0) is 27.0. The average molecular weight is 533 g/mol. The van der Waals surface area contributed by atoms with Crippen molar-refractivity contribution in [3.63, 3.8) is 0 Å². The number of aliphatic hydroxyl groups excluding tert-OH is 1. The highest BCUT2D eigenvalue weighted by Gasteiger charge is 2.40. The van der Waals surface area contributed by atoms with Gasteiger partial charge in [0, 0.05) is 25.5 Å². The van der Waals surface area contributed by atoms with Crippen LogP contribution in [0.3, 0.4) is 0 Å². The molecule has 0 spiro atoms. The van der Waals surface area contributed by atoms with Gasteiger partial charge in [0.05, 0.1) is 44.1 Å². The summed E-state index contributed by atoms with van der Waals surface area (Å²) in [6.45, 7) is 0.823. The number of nitrogens with zero attached hydrogens (tertiary/aromatic N) is 3. The highest BCUT2D eigenvalue weighted by molar-refractivity contribution is 5.92. The Kier molecular flexibility index (Phi) is 8.77. The van der Waals surface area contributed by atoms with Crippen LogP contribution < -0.4 is 10.1 Å². The van der Waals surface area contributed by atoms with E-state index in [4.69, 9.17) is 14.2 Å². The first kappa shape index (κ1) is 26.7. The maximum atomic E-state index is 13.2. The molecule has 2 aliphatic heterocycles. The van der Waals surface area contributed by atoms with Crippen LogP contribution >= 0.6 is 0 Å². The second-order valence-corrected chi connectivity index (χ2v) is 9.72. The first-order chi connectivity index (χ1) is 19.0. The van der Waals surface area contributed by atoms with E-state index in [1.807, 2.05) is 54.6 Å². The molecule has 2 saturated heterocycles. The molecule has 0 radical (unpaired) electrons. The lowest BCUT2D eigenvalue weighted by Gasteiger charge is -2.44. The van der Waals surface area contributed by atoms with E-state index in [1.165, 1.54) is 18.6 Å². The minimum absolute atomic E-state index is 0.0944. The topological polar surface area (TPSA) is 123 Å². The van der Waals surface area contributed by atoms with Gasteiger partial charge in [-0.1, -0.05) is 30.3 Å². The van der Waals surface area contributed by atoms with Crippen LogP contribution in [0.2, 0.25) is 0 Å². The summed E-state index contributed by atoms with van der Waals surface area (Å²) in [4.78, 5) is 35.6. The van der Waals surface area contributed by atoms with Crippen molar-refractivity contribution in [1.82, 2.24) is 20.2 Å². The van der Waals surface area contributed by atoms with Crippen LogP contribution in [0.5, 0.6) is 11.5 Å². The molecule has 0 saturated carbocycles. The van der Waals surface area contributed by atoms with Gasteiger partial charge in [-0.15, -0.1) is 0 Å². The fraction of sp³-hybridized carbons (Fsp3) is 0.379. The molecule has 10 heteroatoms. The number of nitrogens with one attached hydrogen (secondary N) is 1. The number of hydrogen-bond donors (Lipinski definition) is 2. The van der Waals surface area contributed by atoms with Crippen LogP contribution in [0.15, 0.2) is 73.2 Å². The number of carbonyl (C=O) groups excluding carboxylic acids is 2. The minimum atomic E-state index is -0.811. The van der Waals surface area contributed by atoms with Crippen LogP contribution in [0.25, 0.3) is 0 Å². The average Bonchev–Trinajstić information content (AvgIpc) is 2.96. The van der Waals surface area contributed by atoms with Crippen molar-refractivity contribution < 1.29 is 28.9 Å². The molecule has 10 nitrogen and oxygen atoms in total. The molecule has 204 valence electrons. The smallest absolute Gasteiger partial charge is 0.274 e. The number of benzene rings is 2. The van der Waals surface area contributed by atoms with E-state index in [2.05, 4.69) is 15.3 Å². The Labute approximate surface area is 226 Å². The van der Waals surface area contributed by atoms with Crippen LogP contribution in [0.1, 0.15) is 35.3 Å². The summed E-state index contributed by atoms with van der Waals surface area (Å²) in [5.41, 5.74) is 1.17. The van der Waals surface area contributed by atoms with Gasteiger partial charge in [0.1, 0.15) is 23.3 Å². The molecule has 5 rings (SSSR count). The third kappa shape index (κ3) is 7.17. The summed E-state index contributed by atoms with van der Waals surface area (Å²) in [5, 5.41) is 13.3. The van der Waals surface area contributed by atoms with Gasteiger partial charge in [-0.05, 0) is 42.7 Å². The molecule has 0 unspecified atom stereocenters. The highest BCUT2D eigenvalue weighted by Crippen LogP contribution is 2.28. The lowest BCUT2D eigenvalue weighted by molar-refractivity contribution is -0.151. The zero-order valence-corrected chi connectivity index (χ0v) is 21.5. The Bertz CT molecular complexity index is 1230. The van der Waals surface area contributed by atoms with E-state index < -0.39 is 12.2 Å². The van der Waals surface area contributed by atoms with Crippen LogP contribution in [-0.2, 0) is 20.8 Å². The number of β-amino-alcohol motifs (C(OH)–C–C–N with tert-alkyl or cyclic N) is 1. The Hall–Kier alpha value is -3.86. The molecule has 0 aliphatic carbocycles. The molecule has 0 bridgehead atoms. The second kappa shape index (κ2) is 12.8. The van der Waals surface area contributed by atoms with Crippen LogP contribution in [0.4, 0.5) is 0 Å². The monoisotopic (exact) mass is 532 g/mol. The van der Waals surface area contributed by atoms with Crippen molar-refractivity contribution in [2.45, 2.75) is 50.2 Å². The van der Waals surface area contributed by atoms with Crippen molar-refractivity contribution in [2.75, 3.05) is 19.8 Å². The van der Waals surface area contributed by atoms with Crippen molar-refractivity contribution in [3.05, 3.63) is 84.4 Å². The number of ether oxygens (including phenoxy) is 3. The molecule has 39 heavy (non-hydrogen) atoms. The van der Waals surface area contributed by atoms with Gasteiger partial charge >= 0.3 is 0 Å². The number of fused-ring (bicyclic) bond motifs is 1. The largest absolute Gasteiger partial charge is 0.457 e. The number of aliphatic hydroxyl groups is 1. The van der Waals surface area contributed by atoms with E-state index in [1.54, 1.807) is 4.90 Å². The Morgan fingerprint density at radius 2 is 1.82 bits per heavy atom. The van der Waals surface area contributed by atoms with Gasteiger partial charge in [0.15, 0.2) is 0 Å². The summed E-state index contributed by atoms with van der Waals surface area (Å²) < 4.78 is 17.7. The number of aromatic nitrogens is 2. The number of para-hydroxylation sites is 1. The molecule has 3 aromatic rings. The Morgan fingerprint density at radius 3 is 2.59 bits per heavy atom. The summed E-state index contributed by atoms with van der Waals surface area (Å²) >= 11 is 0. The number of amides is 2. The first-order valence-corrected chi connectivity index (χ1v) is 13.1. The summed E-state index contributed by atoms with van der Waals surface area (Å²) in [6.07, 6.45) is 4.29. The second-order valence-electron chi connectivity index (χ2n) is 9.72. The number of rotatable bonds is 7. The third-order valence-corrected chi connectivity index (χ3v) is 6.83. The standard InChI is InChI=1S/C29H32N4O6/c34-21-17-33(29(36)25-16-30-12-13-31-25)26-11-10-24(39-27(26)19-37-18-21)14-28(35)32-15-20-6-8-23(9-7-20)38-22-4-2-1-3-5-22/h1-9,12-13,16,21,24,26-27,34H,10-11,14-15,17-19H2,(H,32,35)/t21-,24-,26+,27-/m0/s1. The van der Waals surface area contributed by atoms with E-state index in [-0.39, 0.29) is 55.8 Å². The van der Waals surface area contributed by atoms with Crippen LogP contribution in [0, 0.1) is 0 Å². The van der Waals surface area contributed by atoms with Gasteiger partial charge in [-0.2, -0.15) is 0 Å². The van der Waals surface area contributed by atoms with Crippen molar-refractivity contribution >= 4 is 11.8 Å². The molecule has 2 amide bonds. The molecular weight excluding hydrogens is 500 g/mol. The van der Waals surface area contributed by atoms with E-state index in [9.17, 15) is 14.7 Å². The van der Waals surface area contributed by atoms with Crippen molar-refractivity contribution in [3.8, 4) is 11.5 Å². The van der Waals surface area contributed by atoms with Crippen LogP contribution in [-0.4, -0.2) is 75.9 Å². The van der Waals surface area contributed by atoms with E-state index in [0.29, 0.717) is 19.4 Å². The zero-order valence-electron chi connectivity index (χ0n) is 21.5. The maximum Gasteiger partial charge on any atom is 0.274 e. The van der Waals surface area contributed by atoms with Gasteiger partial charge in [0.2, 0.25) is 5.91 Å². The van der Waals surface area contributed by atoms with Crippen molar-refractivity contribution in [2.24, 2.45) is 0 Å². The fourth-order valence-corrected chi connectivity index (χ4v) is 4.91. The number of hydrogen-bond acceptors (Lipinski definition) is 8. The maximum absolute atomic E-state index is 13.2. The molecule has 2 fully saturated rings. The normalized spacial score (nSPS) is 23.2. The lowest BCUT2D eigenvalue weighted by Crippen LogP contribution is -2.57. The molecular formula is C29H32N4O6. The summed E-state index contributed by atoms with van der Waals surface area (Å²) in [5.74, 6) is 1.07. The van der Waals surface area contributed by atoms with E-state index in [0.717, 1.165) is 17.1 Å². The molecule has 2 N–H and O–H groups in total. The van der Waals surface area contributed by atoms with Gasteiger partial charge in [-0.25, -0.2) is 4.98 Å². The first-order valence-electron chi connectivity index (χ1n) is 13.1. The predicted octanol–water partition coefficient (Wildman–Crippen LogP) is 2.72. The summed E-state index contributed by atoms with van der Waals surface area (Å²) in [7, 11) is 0. The van der Waals surface area contributed by atoms with Gasteiger partial charge in [0.25, 0.3) is 5.91 Å². The Balaban J connectivity index is 1.13. The van der Waals surface area contributed by atoms with Gasteiger partial charge < -0.3 is 29.5 Å². The molecule has 3 heterocycles. The number of carbonyl (C=O) groups is 2. The molecule has 4 atom stereocenters. The van der Waals surface area contributed by atoms with Gasteiger partial charge in [-0.3, -0.25) is 14.6 Å². The predicted molar refractivity (Wildman–Crippen MR) is 141 cm³/mol. The Morgan fingerprint density at radius 1 is 1.03 bits per heavy atom. The molecule has 2 aliphatic rings. The molecule has 1 aromatic heterocycles. The third-order valence-electron chi connectivity index (χ3n) is 6.83. The van der Waals surface area contributed by atoms with E-state index >= 15 is 0 Å². The fourth-order valence-electron chi connectivity index (χ4n) is 4.91. The quantitative estimate of drug-likeness (QED) is 0.476. The highest BCUT2D eigenvalue weighted by atomic mass is 16.5. The minimum Gasteiger partial charge on any atom is -0.457 e.